The van der Waals surface area contributed by atoms with Crippen LogP contribution in [0, 0.1) is 5.41 Å². The van der Waals surface area contributed by atoms with Crippen molar-refractivity contribution in [3.8, 4) is 0 Å². The number of halogens is 1. The quantitative estimate of drug-likeness (QED) is 0.362. The number of nitrogens with two attached hydrogens (primary N) is 1. The van der Waals surface area contributed by atoms with Gasteiger partial charge in [0.2, 0.25) is 0 Å². The number of hydrogen-bond donors (Lipinski definition) is 2. The number of rotatable bonds is 5. The van der Waals surface area contributed by atoms with Crippen LogP contribution in [-0.4, -0.2) is 25.3 Å². The molecule has 0 fully saturated rings. The van der Waals surface area contributed by atoms with Crippen molar-refractivity contribution in [2.24, 2.45) is 5.73 Å². The van der Waals surface area contributed by atoms with Gasteiger partial charge in [-0.1, -0.05) is 17.7 Å². The lowest BCUT2D eigenvalue weighted by Gasteiger charge is -2.05. The number of amidine groups is 1. The number of methoxy groups -OCH3 is 1. The predicted molar refractivity (Wildman–Crippen MR) is 65.1 cm³/mol. The first-order chi connectivity index (χ1) is 7.15. The molecule has 0 atom stereocenters. The molecule has 3 nitrogen and oxygen atoms in total. The van der Waals surface area contributed by atoms with Gasteiger partial charge in [0, 0.05) is 23.3 Å². The Morgan fingerprint density at radius 2 is 2.33 bits per heavy atom. The van der Waals surface area contributed by atoms with Gasteiger partial charge < -0.3 is 10.5 Å². The molecule has 1 aromatic rings. The Hall–Kier alpha value is -0.710. The summed E-state index contributed by atoms with van der Waals surface area (Å²) in [5, 5.41) is 7.89. The van der Waals surface area contributed by atoms with Crippen LogP contribution in [0.4, 0.5) is 0 Å². The maximum atomic E-state index is 7.26. The smallest absolute Gasteiger partial charge is 0.122 e. The Balaban J connectivity index is 2.70. The molecule has 15 heavy (non-hydrogen) atoms. The predicted octanol–water partition coefficient (Wildman–Crippen LogP) is 2.36. The van der Waals surface area contributed by atoms with Gasteiger partial charge in [0.05, 0.1) is 11.6 Å². The van der Waals surface area contributed by atoms with Crippen molar-refractivity contribution >= 4 is 29.2 Å². The van der Waals surface area contributed by atoms with E-state index in [1.165, 1.54) is 0 Å². The molecule has 0 amide bonds. The highest BCUT2D eigenvalue weighted by atomic mass is 35.5. The first-order valence-corrected chi connectivity index (χ1v) is 5.77. The summed E-state index contributed by atoms with van der Waals surface area (Å²) in [5.41, 5.74) is 6.00. The summed E-state index contributed by atoms with van der Waals surface area (Å²) >= 11 is 7.66. The van der Waals surface area contributed by atoms with E-state index < -0.39 is 0 Å². The zero-order chi connectivity index (χ0) is 11.3. The first-order valence-electron chi connectivity index (χ1n) is 4.41. The third-order valence-electron chi connectivity index (χ3n) is 1.79. The summed E-state index contributed by atoms with van der Waals surface area (Å²) < 4.78 is 4.95. The summed E-state index contributed by atoms with van der Waals surface area (Å²) in [4.78, 5) is 0.985. The van der Waals surface area contributed by atoms with Gasteiger partial charge in [-0.25, -0.2) is 0 Å². The van der Waals surface area contributed by atoms with Gasteiger partial charge in [0.1, 0.15) is 5.84 Å². The Labute approximate surface area is 98.5 Å². The van der Waals surface area contributed by atoms with Crippen LogP contribution in [0.25, 0.3) is 0 Å². The van der Waals surface area contributed by atoms with Crippen LogP contribution in [0.2, 0.25) is 5.02 Å². The summed E-state index contributed by atoms with van der Waals surface area (Å²) in [7, 11) is 1.67. The molecule has 0 aliphatic heterocycles. The van der Waals surface area contributed by atoms with Gasteiger partial charge >= 0.3 is 0 Å². The molecule has 5 heteroatoms. The van der Waals surface area contributed by atoms with Crippen molar-refractivity contribution in [3.05, 3.63) is 28.8 Å². The van der Waals surface area contributed by atoms with Crippen LogP contribution in [0.1, 0.15) is 5.56 Å². The minimum atomic E-state index is 0.0327. The van der Waals surface area contributed by atoms with Gasteiger partial charge in [0.15, 0.2) is 0 Å². The van der Waals surface area contributed by atoms with Crippen LogP contribution < -0.4 is 5.73 Å². The Bertz CT molecular complexity index is 357. The Morgan fingerprint density at radius 1 is 1.60 bits per heavy atom. The third-order valence-corrected chi connectivity index (χ3v) is 3.25. The van der Waals surface area contributed by atoms with Crippen LogP contribution in [0.15, 0.2) is 23.1 Å². The number of hydrogen-bond acceptors (Lipinski definition) is 3. The van der Waals surface area contributed by atoms with E-state index in [2.05, 4.69) is 0 Å². The molecule has 0 saturated carbocycles. The first kappa shape index (κ1) is 12.4. The SMILES string of the molecule is COCCSc1ccc(C(=N)N)cc1Cl. The second-order valence-corrected chi connectivity index (χ2v) is 4.44. The van der Waals surface area contributed by atoms with E-state index in [0.29, 0.717) is 17.2 Å². The molecule has 0 aliphatic rings. The lowest BCUT2D eigenvalue weighted by molar-refractivity contribution is 0.218. The number of nitrogen functional groups attached to an aromatic ring is 1. The molecule has 0 aliphatic carbocycles. The largest absolute Gasteiger partial charge is 0.384 e. The van der Waals surface area contributed by atoms with Crippen LogP contribution in [-0.2, 0) is 4.74 Å². The third kappa shape index (κ3) is 3.74. The second-order valence-electron chi connectivity index (χ2n) is 2.90. The van der Waals surface area contributed by atoms with Gasteiger partial charge in [-0.05, 0) is 12.1 Å². The minimum absolute atomic E-state index is 0.0327. The highest BCUT2D eigenvalue weighted by Crippen LogP contribution is 2.27. The molecule has 0 bridgehead atoms. The van der Waals surface area contributed by atoms with E-state index in [-0.39, 0.29) is 5.84 Å². The Morgan fingerprint density at radius 3 is 2.87 bits per heavy atom. The molecule has 3 N–H and O–H groups in total. The molecule has 1 rings (SSSR count). The zero-order valence-electron chi connectivity index (χ0n) is 8.42. The monoisotopic (exact) mass is 244 g/mol. The van der Waals surface area contributed by atoms with E-state index in [1.54, 1.807) is 31.0 Å². The lowest BCUT2D eigenvalue weighted by atomic mass is 10.2. The molecule has 0 heterocycles. The van der Waals surface area contributed by atoms with Crippen molar-refractivity contribution in [2.75, 3.05) is 19.5 Å². The lowest BCUT2D eigenvalue weighted by Crippen LogP contribution is -2.10. The van der Waals surface area contributed by atoms with Crippen LogP contribution in [0.5, 0.6) is 0 Å². The fourth-order valence-electron chi connectivity index (χ4n) is 1.02. The van der Waals surface area contributed by atoms with E-state index in [9.17, 15) is 0 Å². The number of benzene rings is 1. The van der Waals surface area contributed by atoms with Crippen molar-refractivity contribution in [3.63, 3.8) is 0 Å². The van der Waals surface area contributed by atoms with E-state index in [0.717, 1.165) is 10.6 Å². The number of nitrogens with one attached hydrogen (secondary N) is 1. The minimum Gasteiger partial charge on any atom is -0.384 e. The zero-order valence-corrected chi connectivity index (χ0v) is 9.99. The average Bonchev–Trinajstić information content (AvgIpc) is 2.20. The molecule has 0 aromatic heterocycles. The van der Waals surface area contributed by atoms with Crippen LogP contribution in [0.3, 0.4) is 0 Å². The van der Waals surface area contributed by atoms with E-state index in [4.69, 9.17) is 27.5 Å². The summed E-state index contributed by atoms with van der Waals surface area (Å²) in [6.07, 6.45) is 0. The van der Waals surface area contributed by atoms with Gasteiger partial charge in [0.25, 0.3) is 0 Å². The molecular formula is C10H13ClN2OS. The highest BCUT2D eigenvalue weighted by molar-refractivity contribution is 7.99. The topological polar surface area (TPSA) is 59.1 Å². The molecule has 0 spiro atoms. The van der Waals surface area contributed by atoms with Gasteiger partial charge in [-0.15, -0.1) is 11.8 Å². The fourth-order valence-corrected chi connectivity index (χ4v) is 2.20. The standard InChI is InChI=1S/C10H13ClN2OS/c1-14-4-5-15-9-3-2-7(10(12)13)6-8(9)11/h2-3,6H,4-5H2,1H3,(H3,12,13). The normalized spacial score (nSPS) is 10.3. The van der Waals surface area contributed by atoms with Crippen molar-refractivity contribution < 1.29 is 4.74 Å². The number of ether oxygens (including phenoxy) is 1. The van der Waals surface area contributed by atoms with Crippen molar-refractivity contribution in [2.45, 2.75) is 4.90 Å². The fraction of sp³-hybridized carbons (Fsp3) is 0.300. The summed E-state index contributed by atoms with van der Waals surface area (Å²) in [5.74, 6) is 0.890. The van der Waals surface area contributed by atoms with Crippen LogP contribution >= 0.6 is 23.4 Å². The summed E-state index contributed by atoms with van der Waals surface area (Å²) in [6.45, 7) is 0.690. The van der Waals surface area contributed by atoms with Crippen molar-refractivity contribution in [1.29, 1.82) is 5.41 Å². The highest BCUT2D eigenvalue weighted by Gasteiger charge is 2.03. The maximum absolute atomic E-state index is 7.26. The Kier molecular flexibility index (Phi) is 4.94. The molecule has 0 saturated heterocycles. The number of thioether (sulfide) groups is 1. The maximum Gasteiger partial charge on any atom is 0.122 e. The van der Waals surface area contributed by atoms with E-state index in [1.807, 2.05) is 6.07 Å². The molecule has 0 radical (unpaired) electrons. The average molecular weight is 245 g/mol. The van der Waals surface area contributed by atoms with E-state index >= 15 is 0 Å². The van der Waals surface area contributed by atoms with Crippen molar-refractivity contribution in [1.82, 2.24) is 0 Å². The molecular weight excluding hydrogens is 232 g/mol. The molecule has 82 valence electrons. The summed E-state index contributed by atoms with van der Waals surface area (Å²) in [6, 6.07) is 5.38. The second kappa shape index (κ2) is 6.00. The molecule has 0 unspecified atom stereocenters. The van der Waals surface area contributed by atoms with Gasteiger partial charge in [-0.2, -0.15) is 0 Å². The van der Waals surface area contributed by atoms with Gasteiger partial charge in [-0.3, -0.25) is 5.41 Å². The molecule has 1 aromatic carbocycles.